The van der Waals surface area contributed by atoms with Crippen LogP contribution in [0.25, 0.3) is 0 Å². The van der Waals surface area contributed by atoms with Crippen molar-refractivity contribution in [1.29, 1.82) is 5.26 Å². The summed E-state index contributed by atoms with van der Waals surface area (Å²) >= 11 is 5.98. The Kier molecular flexibility index (Phi) is 4.67. The number of ketones is 1. The normalized spacial score (nSPS) is 20.0. The summed E-state index contributed by atoms with van der Waals surface area (Å²) in [5, 5.41) is 8.97. The third-order valence-electron chi connectivity index (χ3n) is 3.57. The number of nitrogens with zero attached hydrogens (tertiary/aromatic N) is 2. The van der Waals surface area contributed by atoms with Crippen LogP contribution in [0.5, 0.6) is 0 Å². The van der Waals surface area contributed by atoms with Crippen LogP contribution in [0.15, 0.2) is 23.1 Å². The molecule has 5 nitrogen and oxygen atoms in total. The molecule has 0 spiro atoms. The first kappa shape index (κ1) is 16.0. The van der Waals surface area contributed by atoms with Crippen LogP contribution in [0.2, 0.25) is 5.02 Å². The molecule has 0 saturated carbocycles. The van der Waals surface area contributed by atoms with E-state index in [2.05, 4.69) is 0 Å². The zero-order valence-electron chi connectivity index (χ0n) is 11.5. The van der Waals surface area contributed by atoms with E-state index in [4.69, 9.17) is 16.9 Å². The molecular weight excluding hydrogens is 312 g/mol. The summed E-state index contributed by atoms with van der Waals surface area (Å²) in [5.74, 6) is -0.175. The van der Waals surface area contributed by atoms with Gasteiger partial charge < -0.3 is 0 Å². The summed E-state index contributed by atoms with van der Waals surface area (Å²) in [6, 6.07) is 5.35. The Morgan fingerprint density at radius 1 is 1.43 bits per heavy atom. The molecule has 0 bridgehead atoms. The largest absolute Gasteiger partial charge is 0.298 e. The summed E-state index contributed by atoms with van der Waals surface area (Å²) in [5.41, 5.74) is 0.217. The number of nitriles is 1. The van der Waals surface area contributed by atoms with Gasteiger partial charge in [0.1, 0.15) is 10.7 Å². The molecule has 1 fully saturated rings. The molecule has 1 heterocycles. The quantitative estimate of drug-likeness (QED) is 0.854. The van der Waals surface area contributed by atoms with Crippen molar-refractivity contribution in [2.75, 3.05) is 6.54 Å². The van der Waals surface area contributed by atoms with Crippen LogP contribution in [-0.4, -0.2) is 31.1 Å². The first-order valence-corrected chi connectivity index (χ1v) is 8.41. The molecule has 0 radical (unpaired) electrons. The number of carbonyl (C=O) groups excluding carboxylic acids is 1. The maximum absolute atomic E-state index is 12.8. The number of Topliss-reactive ketones (excluding diaryl/α,β-unsaturated/α-hetero) is 1. The summed E-state index contributed by atoms with van der Waals surface area (Å²) in [6.45, 7) is 1.69. The monoisotopic (exact) mass is 326 g/mol. The zero-order valence-corrected chi connectivity index (χ0v) is 13.1. The fourth-order valence-corrected chi connectivity index (χ4v) is 4.71. The van der Waals surface area contributed by atoms with Gasteiger partial charge in [-0.15, -0.1) is 0 Å². The molecule has 0 N–H and O–H groups in total. The molecule has 1 aliphatic rings. The van der Waals surface area contributed by atoms with Crippen LogP contribution in [0, 0.1) is 11.3 Å². The van der Waals surface area contributed by atoms with E-state index in [1.807, 2.05) is 6.07 Å². The van der Waals surface area contributed by atoms with Crippen LogP contribution in [0.4, 0.5) is 0 Å². The van der Waals surface area contributed by atoms with E-state index in [-0.39, 0.29) is 21.3 Å². The lowest BCUT2D eigenvalue weighted by Gasteiger charge is -2.33. The minimum Gasteiger partial charge on any atom is -0.298 e. The van der Waals surface area contributed by atoms with Crippen molar-refractivity contribution in [3.8, 4) is 6.07 Å². The van der Waals surface area contributed by atoms with Gasteiger partial charge in [-0.3, -0.25) is 4.79 Å². The third kappa shape index (κ3) is 3.10. The van der Waals surface area contributed by atoms with Gasteiger partial charge in [-0.05, 0) is 38.0 Å². The van der Waals surface area contributed by atoms with Crippen LogP contribution >= 0.6 is 11.6 Å². The maximum Gasteiger partial charge on any atom is 0.245 e. The van der Waals surface area contributed by atoms with Crippen LogP contribution in [-0.2, 0) is 14.8 Å². The maximum atomic E-state index is 12.8. The van der Waals surface area contributed by atoms with Crippen LogP contribution in [0.1, 0.15) is 31.7 Å². The van der Waals surface area contributed by atoms with Gasteiger partial charge >= 0.3 is 0 Å². The fourth-order valence-electron chi connectivity index (χ4n) is 2.50. The number of benzene rings is 1. The molecule has 7 heteroatoms. The van der Waals surface area contributed by atoms with E-state index in [0.29, 0.717) is 19.4 Å². The molecule has 1 aliphatic heterocycles. The first-order valence-electron chi connectivity index (χ1n) is 6.60. The topological polar surface area (TPSA) is 78.2 Å². The predicted octanol–water partition coefficient (Wildman–Crippen LogP) is 2.34. The number of hydrogen-bond acceptors (Lipinski definition) is 4. The molecule has 1 unspecified atom stereocenters. The van der Waals surface area contributed by atoms with Crippen LogP contribution in [0.3, 0.4) is 0 Å². The Labute approximate surface area is 129 Å². The molecule has 1 aromatic carbocycles. The van der Waals surface area contributed by atoms with Crippen molar-refractivity contribution in [3.63, 3.8) is 0 Å². The number of hydrogen-bond donors (Lipinski definition) is 0. The van der Waals surface area contributed by atoms with E-state index < -0.39 is 16.1 Å². The lowest BCUT2D eigenvalue weighted by Crippen LogP contribution is -2.47. The standard InChI is InChI=1S/C14H15ClN2O3S/c1-10(18)13-4-2-3-7-17(13)21(19,20)14-8-11(9-16)5-6-12(14)15/h5-6,8,13H,2-4,7H2,1H3. The van der Waals surface area contributed by atoms with Gasteiger partial charge in [0.15, 0.2) is 0 Å². The highest BCUT2D eigenvalue weighted by Gasteiger charge is 2.36. The van der Waals surface area contributed by atoms with Crippen molar-refractivity contribution in [2.45, 2.75) is 37.1 Å². The Bertz CT molecular complexity index is 709. The number of carbonyl (C=O) groups is 1. The molecule has 1 aromatic rings. The summed E-state index contributed by atoms with van der Waals surface area (Å²) in [4.78, 5) is 11.6. The van der Waals surface area contributed by atoms with E-state index in [1.54, 1.807) is 0 Å². The van der Waals surface area contributed by atoms with Gasteiger partial charge in [0.05, 0.1) is 22.7 Å². The van der Waals surface area contributed by atoms with Gasteiger partial charge in [0.25, 0.3) is 0 Å². The first-order chi connectivity index (χ1) is 9.87. The fraction of sp³-hybridized carbons (Fsp3) is 0.429. The second kappa shape index (κ2) is 6.14. The van der Waals surface area contributed by atoms with E-state index in [0.717, 1.165) is 6.42 Å². The van der Waals surface area contributed by atoms with Crippen LogP contribution < -0.4 is 0 Å². The van der Waals surface area contributed by atoms with Crippen molar-refractivity contribution < 1.29 is 13.2 Å². The Morgan fingerprint density at radius 2 is 2.14 bits per heavy atom. The molecule has 21 heavy (non-hydrogen) atoms. The molecule has 2 rings (SSSR count). The molecular formula is C14H15ClN2O3S. The molecule has 0 aromatic heterocycles. The summed E-state index contributed by atoms with van der Waals surface area (Å²) in [6.07, 6.45) is 2.05. The highest BCUT2D eigenvalue weighted by atomic mass is 35.5. The highest BCUT2D eigenvalue weighted by Crippen LogP contribution is 2.30. The molecule has 0 aliphatic carbocycles. The van der Waals surface area contributed by atoms with Crippen molar-refractivity contribution in [2.24, 2.45) is 0 Å². The van der Waals surface area contributed by atoms with E-state index in [9.17, 15) is 13.2 Å². The predicted molar refractivity (Wildman–Crippen MR) is 78.4 cm³/mol. The average Bonchev–Trinajstić information content (AvgIpc) is 2.47. The Hall–Kier alpha value is -1.42. The average molecular weight is 327 g/mol. The van der Waals surface area contributed by atoms with Crippen molar-refractivity contribution >= 4 is 27.4 Å². The third-order valence-corrected chi connectivity index (χ3v) is 5.96. The summed E-state index contributed by atoms with van der Waals surface area (Å²) < 4.78 is 26.8. The lowest BCUT2D eigenvalue weighted by molar-refractivity contribution is -0.121. The minimum absolute atomic E-state index is 0.0573. The number of halogens is 1. The molecule has 0 amide bonds. The zero-order chi connectivity index (χ0) is 15.6. The molecule has 112 valence electrons. The van der Waals surface area contributed by atoms with Gasteiger partial charge in [-0.25, -0.2) is 8.42 Å². The van der Waals surface area contributed by atoms with E-state index >= 15 is 0 Å². The SMILES string of the molecule is CC(=O)C1CCCCN1S(=O)(=O)c1cc(C#N)ccc1Cl. The second-order valence-corrected chi connectivity index (χ2v) is 7.26. The van der Waals surface area contributed by atoms with Gasteiger partial charge in [0, 0.05) is 6.54 Å². The number of rotatable bonds is 3. The van der Waals surface area contributed by atoms with Crippen molar-refractivity contribution in [3.05, 3.63) is 28.8 Å². The van der Waals surface area contributed by atoms with Crippen molar-refractivity contribution in [1.82, 2.24) is 4.31 Å². The smallest absolute Gasteiger partial charge is 0.245 e. The van der Waals surface area contributed by atoms with Gasteiger partial charge in [-0.2, -0.15) is 9.57 Å². The second-order valence-electron chi connectivity index (χ2n) is 4.99. The summed E-state index contributed by atoms with van der Waals surface area (Å²) in [7, 11) is -3.89. The molecule has 1 saturated heterocycles. The van der Waals surface area contributed by atoms with Gasteiger partial charge in [0.2, 0.25) is 10.0 Å². The highest BCUT2D eigenvalue weighted by molar-refractivity contribution is 7.89. The Morgan fingerprint density at radius 3 is 2.76 bits per heavy atom. The number of sulfonamides is 1. The molecule has 1 atom stereocenters. The Balaban J connectivity index is 2.50. The number of piperidine rings is 1. The minimum atomic E-state index is -3.89. The van der Waals surface area contributed by atoms with Gasteiger partial charge in [-0.1, -0.05) is 18.0 Å². The lowest BCUT2D eigenvalue weighted by atomic mass is 10.0. The van der Waals surface area contributed by atoms with E-state index in [1.165, 1.54) is 29.4 Å².